The Morgan fingerprint density at radius 2 is 1.40 bits per heavy atom. The monoisotopic (exact) mass is 350 g/mol. The maximum atomic E-state index is 13.5. The quantitative estimate of drug-likeness (QED) is 0.534. The van der Waals surface area contributed by atoms with Gasteiger partial charge in [-0.2, -0.15) is 0 Å². The van der Waals surface area contributed by atoms with Gasteiger partial charge in [0, 0.05) is 0 Å². The van der Waals surface area contributed by atoms with Crippen molar-refractivity contribution >= 4 is 5.97 Å². The Hall–Kier alpha value is -0.530. The maximum Gasteiger partial charge on any atom is 0.312 e. The van der Waals surface area contributed by atoms with Gasteiger partial charge < -0.3 is 4.74 Å². The summed E-state index contributed by atoms with van der Waals surface area (Å²) in [5, 5.41) is 0. The zero-order chi connectivity index (χ0) is 19.3. The molecule has 3 atom stereocenters. The average molecular weight is 351 g/mol. The van der Waals surface area contributed by atoms with E-state index in [9.17, 15) is 4.79 Å². The molecule has 0 radical (unpaired) electrons. The van der Waals surface area contributed by atoms with Crippen LogP contribution in [0, 0.1) is 34.0 Å². The third-order valence-electron chi connectivity index (χ3n) is 6.87. The lowest BCUT2D eigenvalue weighted by Gasteiger charge is -2.51. The molecule has 0 saturated heterocycles. The van der Waals surface area contributed by atoms with E-state index in [2.05, 4.69) is 62.3 Å². The molecule has 0 N–H and O–H groups in total. The van der Waals surface area contributed by atoms with E-state index in [-0.39, 0.29) is 22.4 Å². The first-order valence-electron chi connectivity index (χ1n) is 10.4. The maximum absolute atomic E-state index is 13.5. The highest BCUT2D eigenvalue weighted by atomic mass is 16.6. The van der Waals surface area contributed by atoms with Crippen LogP contribution in [0.25, 0.3) is 0 Å². The molecular formula is C23H42O2. The van der Waals surface area contributed by atoms with Crippen molar-refractivity contribution in [3.8, 4) is 0 Å². The van der Waals surface area contributed by atoms with Crippen molar-refractivity contribution in [2.75, 3.05) is 0 Å². The lowest BCUT2D eigenvalue weighted by atomic mass is 9.60. The molecule has 2 fully saturated rings. The lowest BCUT2D eigenvalue weighted by Crippen LogP contribution is -2.52. The standard InChI is InChI=1S/C23H42O2/c1-16-10-18-11-17(2)13-23(12-16,14-18)25-19(24)22(9,21(6,7)8)15-20(3,4)5/h16-18H,10-15H2,1-9H3. The van der Waals surface area contributed by atoms with Crippen molar-refractivity contribution in [2.24, 2.45) is 34.0 Å². The van der Waals surface area contributed by atoms with Gasteiger partial charge in [0.05, 0.1) is 5.41 Å². The Kier molecular flexibility index (Phi) is 5.46. The number of fused-ring (bicyclic) bond motifs is 2. The van der Waals surface area contributed by atoms with Crippen molar-refractivity contribution in [3.63, 3.8) is 0 Å². The second-order valence-corrected chi connectivity index (χ2v) is 12.1. The molecule has 146 valence electrons. The first kappa shape index (κ1) is 20.8. The predicted molar refractivity (Wildman–Crippen MR) is 105 cm³/mol. The largest absolute Gasteiger partial charge is 0.459 e. The van der Waals surface area contributed by atoms with Crippen molar-refractivity contribution in [3.05, 3.63) is 0 Å². The van der Waals surface area contributed by atoms with Crippen LogP contribution in [0.5, 0.6) is 0 Å². The lowest BCUT2D eigenvalue weighted by molar-refractivity contribution is -0.195. The van der Waals surface area contributed by atoms with Crippen LogP contribution < -0.4 is 0 Å². The number of ether oxygens (including phenoxy) is 1. The number of carbonyl (C=O) groups excluding carboxylic acids is 1. The molecule has 2 nitrogen and oxygen atoms in total. The first-order valence-corrected chi connectivity index (χ1v) is 10.4. The highest BCUT2D eigenvalue weighted by Crippen LogP contribution is 2.53. The van der Waals surface area contributed by atoms with Crippen LogP contribution >= 0.6 is 0 Å². The Morgan fingerprint density at radius 1 is 0.920 bits per heavy atom. The van der Waals surface area contributed by atoms with E-state index in [0.717, 1.165) is 31.6 Å². The van der Waals surface area contributed by atoms with E-state index < -0.39 is 5.41 Å². The summed E-state index contributed by atoms with van der Waals surface area (Å²) in [6.07, 6.45) is 6.66. The molecule has 0 aliphatic heterocycles. The van der Waals surface area contributed by atoms with Gasteiger partial charge in [-0.15, -0.1) is 0 Å². The Labute approximate surface area is 156 Å². The molecule has 2 aliphatic carbocycles. The molecule has 2 rings (SSSR count). The van der Waals surface area contributed by atoms with Gasteiger partial charge in [-0.3, -0.25) is 4.79 Å². The van der Waals surface area contributed by atoms with Gasteiger partial charge in [0.1, 0.15) is 5.60 Å². The van der Waals surface area contributed by atoms with Crippen LogP contribution in [-0.4, -0.2) is 11.6 Å². The van der Waals surface area contributed by atoms with Gasteiger partial charge in [0.2, 0.25) is 0 Å². The second-order valence-electron chi connectivity index (χ2n) is 12.1. The Morgan fingerprint density at radius 3 is 1.80 bits per heavy atom. The molecule has 0 aromatic carbocycles. The number of esters is 1. The molecule has 0 aromatic heterocycles. The number of carbonyl (C=O) groups is 1. The molecule has 2 saturated carbocycles. The van der Waals surface area contributed by atoms with Crippen molar-refractivity contribution in [2.45, 2.75) is 106 Å². The smallest absolute Gasteiger partial charge is 0.312 e. The molecule has 0 spiro atoms. The summed E-state index contributed by atoms with van der Waals surface area (Å²) in [6.45, 7) is 20.0. The van der Waals surface area contributed by atoms with Gasteiger partial charge in [-0.1, -0.05) is 55.4 Å². The molecule has 3 unspecified atom stereocenters. The third kappa shape index (κ3) is 4.61. The normalized spacial score (nSPS) is 35.8. The van der Waals surface area contributed by atoms with Gasteiger partial charge in [-0.05, 0) is 74.0 Å². The van der Waals surface area contributed by atoms with Crippen LogP contribution in [0.2, 0.25) is 0 Å². The van der Waals surface area contributed by atoms with E-state index in [0.29, 0.717) is 11.8 Å². The van der Waals surface area contributed by atoms with Crippen LogP contribution in [0.4, 0.5) is 0 Å². The number of rotatable bonds is 3. The minimum Gasteiger partial charge on any atom is -0.459 e. The fourth-order valence-corrected chi connectivity index (χ4v) is 5.75. The second kappa shape index (κ2) is 6.57. The number of hydrogen-bond donors (Lipinski definition) is 0. The summed E-state index contributed by atoms with van der Waals surface area (Å²) < 4.78 is 6.49. The van der Waals surface area contributed by atoms with Gasteiger partial charge >= 0.3 is 5.97 Å². The molecule has 2 aliphatic rings. The third-order valence-corrected chi connectivity index (χ3v) is 6.87. The van der Waals surface area contributed by atoms with Crippen LogP contribution in [0.15, 0.2) is 0 Å². The minimum absolute atomic E-state index is 0.0388. The minimum atomic E-state index is -0.461. The molecule has 25 heavy (non-hydrogen) atoms. The first-order chi connectivity index (χ1) is 11.2. The predicted octanol–water partition coefficient (Wildman–Crippen LogP) is 6.62. The molecule has 0 aromatic rings. The average Bonchev–Trinajstić information content (AvgIpc) is 2.32. The van der Waals surface area contributed by atoms with E-state index in [1.807, 2.05) is 0 Å². The molecule has 0 heterocycles. The highest BCUT2D eigenvalue weighted by Gasteiger charge is 2.53. The SMILES string of the molecule is CC1CC2CC(C)CC(OC(=O)C(C)(CC(C)(C)C)C(C)(C)C)(C1)C2. The summed E-state index contributed by atoms with van der Waals surface area (Å²) in [5.41, 5.74) is -0.687. The zero-order valence-electron chi connectivity index (χ0n) is 18.3. The van der Waals surface area contributed by atoms with E-state index >= 15 is 0 Å². The molecule has 0 amide bonds. The molecule has 2 bridgehead atoms. The Balaban J connectivity index is 2.27. The molecule has 2 heteroatoms. The van der Waals surface area contributed by atoms with Crippen molar-refractivity contribution in [1.82, 2.24) is 0 Å². The van der Waals surface area contributed by atoms with Crippen LogP contribution in [0.1, 0.15) is 101 Å². The van der Waals surface area contributed by atoms with Crippen LogP contribution in [0.3, 0.4) is 0 Å². The van der Waals surface area contributed by atoms with E-state index in [1.54, 1.807) is 0 Å². The number of hydrogen-bond acceptors (Lipinski definition) is 2. The highest BCUT2D eigenvalue weighted by molar-refractivity contribution is 5.78. The topological polar surface area (TPSA) is 26.3 Å². The summed E-state index contributed by atoms with van der Waals surface area (Å²) in [5.74, 6) is 2.12. The summed E-state index contributed by atoms with van der Waals surface area (Å²) in [4.78, 5) is 13.5. The van der Waals surface area contributed by atoms with Crippen molar-refractivity contribution in [1.29, 1.82) is 0 Å². The van der Waals surface area contributed by atoms with E-state index in [1.165, 1.54) is 12.8 Å². The fourth-order valence-electron chi connectivity index (χ4n) is 5.75. The summed E-state index contributed by atoms with van der Waals surface area (Å²) >= 11 is 0. The van der Waals surface area contributed by atoms with Gasteiger partial charge in [0.15, 0.2) is 0 Å². The van der Waals surface area contributed by atoms with Gasteiger partial charge in [-0.25, -0.2) is 0 Å². The summed E-state index contributed by atoms with van der Waals surface area (Å²) in [7, 11) is 0. The summed E-state index contributed by atoms with van der Waals surface area (Å²) in [6, 6.07) is 0. The van der Waals surface area contributed by atoms with Gasteiger partial charge in [0.25, 0.3) is 0 Å². The van der Waals surface area contributed by atoms with Crippen LogP contribution in [-0.2, 0) is 9.53 Å². The fraction of sp³-hybridized carbons (Fsp3) is 0.957. The zero-order valence-corrected chi connectivity index (χ0v) is 18.3. The van der Waals surface area contributed by atoms with E-state index in [4.69, 9.17) is 4.74 Å². The molecular weight excluding hydrogens is 308 g/mol. The Bertz CT molecular complexity index is 474. The van der Waals surface area contributed by atoms with Crippen molar-refractivity contribution < 1.29 is 9.53 Å².